The van der Waals surface area contributed by atoms with Crippen LogP contribution in [0.15, 0.2) is 29.3 Å². The summed E-state index contributed by atoms with van der Waals surface area (Å²) < 4.78 is 0. The average molecular weight is 531 g/mol. The number of amidine groups is 1. The minimum absolute atomic E-state index is 0.0381. The summed E-state index contributed by atoms with van der Waals surface area (Å²) in [7, 11) is 0. The predicted octanol–water partition coefficient (Wildman–Crippen LogP) is 0.529. The molecule has 0 radical (unpaired) electrons. The minimum Gasteiger partial charge on any atom is -0.481 e. The molecular formula is C26H42N8O4. The number of aliphatic imine (C=N–C) groups is 1. The Labute approximate surface area is 223 Å². The molecule has 1 aromatic carbocycles. The minimum atomic E-state index is -0.942. The second-order valence-electron chi connectivity index (χ2n) is 9.73. The Kier molecular flexibility index (Phi) is 13.0. The number of carboxylic acids is 1. The SMILES string of the molecule is N=C(N)c1ccc(CNC(=O)[C@H](CCCN=C(N)N)NC(=O)[C@@H](CC2CCCCC2)NCCC(=O)O)cc1. The Morgan fingerprint density at radius 3 is 2.32 bits per heavy atom. The van der Waals surface area contributed by atoms with Gasteiger partial charge in [0.15, 0.2) is 5.96 Å². The van der Waals surface area contributed by atoms with Gasteiger partial charge in [0.25, 0.3) is 0 Å². The summed E-state index contributed by atoms with van der Waals surface area (Å²) in [5.74, 6) is -1.32. The predicted molar refractivity (Wildman–Crippen MR) is 146 cm³/mol. The van der Waals surface area contributed by atoms with Gasteiger partial charge >= 0.3 is 5.97 Å². The molecule has 0 unspecified atom stereocenters. The molecule has 2 atom stereocenters. The highest BCUT2D eigenvalue weighted by Gasteiger charge is 2.28. The van der Waals surface area contributed by atoms with E-state index in [-0.39, 0.29) is 43.1 Å². The molecule has 2 rings (SSSR count). The second-order valence-corrected chi connectivity index (χ2v) is 9.73. The van der Waals surface area contributed by atoms with Crippen LogP contribution in [0.5, 0.6) is 0 Å². The number of carbonyl (C=O) groups excluding carboxylic acids is 2. The highest BCUT2D eigenvalue weighted by atomic mass is 16.4. The van der Waals surface area contributed by atoms with Gasteiger partial charge in [-0.25, -0.2) is 0 Å². The van der Waals surface area contributed by atoms with Crippen LogP contribution in [0.2, 0.25) is 0 Å². The van der Waals surface area contributed by atoms with Crippen molar-refractivity contribution >= 4 is 29.6 Å². The summed E-state index contributed by atoms with van der Waals surface area (Å²) in [6, 6.07) is 5.55. The lowest BCUT2D eigenvalue weighted by Crippen LogP contribution is -2.53. The molecule has 0 aliphatic heterocycles. The zero-order valence-electron chi connectivity index (χ0n) is 21.9. The zero-order chi connectivity index (χ0) is 27.9. The molecule has 210 valence electrons. The van der Waals surface area contributed by atoms with Gasteiger partial charge in [-0.15, -0.1) is 0 Å². The Balaban J connectivity index is 2.06. The number of nitrogens with zero attached hydrogens (tertiary/aromatic N) is 1. The van der Waals surface area contributed by atoms with Crippen LogP contribution in [0.4, 0.5) is 0 Å². The normalized spacial score (nSPS) is 15.2. The van der Waals surface area contributed by atoms with Crippen LogP contribution < -0.4 is 33.2 Å². The number of nitrogens with two attached hydrogens (primary N) is 3. The van der Waals surface area contributed by atoms with Gasteiger partial charge in [0, 0.05) is 25.2 Å². The molecule has 0 bridgehead atoms. The molecule has 0 aromatic heterocycles. The van der Waals surface area contributed by atoms with Crippen molar-refractivity contribution in [3.05, 3.63) is 35.4 Å². The van der Waals surface area contributed by atoms with Crippen molar-refractivity contribution in [2.45, 2.75) is 76.4 Å². The van der Waals surface area contributed by atoms with E-state index in [1.165, 1.54) is 6.42 Å². The molecule has 0 heterocycles. The number of benzene rings is 1. The van der Waals surface area contributed by atoms with Crippen LogP contribution in [0.25, 0.3) is 0 Å². The van der Waals surface area contributed by atoms with Gasteiger partial charge in [-0.05, 0) is 30.7 Å². The van der Waals surface area contributed by atoms with Crippen LogP contribution in [0.1, 0.15) is 68.9 Å². The average Bonchev–Trinajstić information content (AvgIpc) is 2.88. The van der Waals surface area contributed by atoms with Crippen molar-refractivity contribution in [3.63, 3.8) is 0 Å². The fraction of sp³-hybridized carbons (Fsp3) is 0.577. The van der Waals surface area contributed by atoms with E-state index in [1.54, 1.807) is 24.3 Å². The first kappa shape index (κ1) is 30.6. The first-order valence-corrected chi connectivity index (χ1v) is 13.2. The lowest BCUT2D eigenvalue weighted by molar-refractivity contribution is -0.137. The molecule has 11 N–H and O–H groups in total. The van der Waals surface area contributed by atoms with E-state index >= 15 is 0 Å². The molecule has 12 heteroatoms. The quantitative estimate of drug-likeness (QED) is 0.0853. The maximum Gasteiger partial charge on any atom is 0.304 e. The van der Waals surface area contributed by atoms with E-state index in [2.05, 4.69) is 20.9 Å². The third-order valence-corrected chi connectivity index (χ3v) is 6.65. The molecule has 12 nitrogen and oxygen atoms in total. The summed E-state index contributed by atoms with van der Waals surface area (Å²) in [4.78, 5) is 41.4. The number of nitrogens with one attached hydrogen (secondary N) is 4. The smallest absolute Gasteiger partial charge is 0.304 e. The lowest BCUT2D eigenvalue weighted by Gasteiger charge is -2.28. The third kappa shape index (κ3) is 11.6. The van der Waals surface area contributed by atoms with Gasteiger partial charge in [-0.1, -0.05) is 56.4 Å². The van der Waals surface area contributed by atoms with E-state index in [9.17, 15) is 14.4 Å². The fourth-order valence-electron chi connectivity index (χ4n) is 4.55. The number of amides is 2. The molecular weight excluding hydrogens is 488 g/mol. The molecule has 1 saturated carbocycles. The topological polar surface area (TPSA) is 222 Å². The number of carboxylic acid groups (broad SMARTS) is 1. The van der Waals surface area contributed by atoms with Gasteiger partial charge in [0.05, 0.1) is 12.5 Å². The van der Waals surface area contributed by atoms with Crippen molar-refractivity contribution in [1.29, 1.82) is 5.41 Å². The van der Waals surface area contributed by atoms with Gasteiger partial charge in [-0.2, -0.15) is 0 Å². The highest BCUT2D eigenvalue weighted by Crippen LogP contribution is 2.27. The maximum atomic E-state index is 13.3. The second kappa shape index (κ2) is 16.2. The van der Waals surface area contributed by atoms with Crippen molar-refractivity contribution in [1.82, 2.24) is 16.0 Å². The number of aliphatic carboxylic acids is 1. The number of guanidine groups is 1. The summed E-state index contributed by atoms with van der Waals surface area (Å²) in [5.41, 5.74) is 17.7. The molecule has 1 aliphatic rings. The Bertz CT molecular complexity index is 956. The van der Waals surface area contributed by atoms with Gasteiger partial charge in [-0.3, -0.25) is 24.8 Å². The van der Waals surface area contributed by atoms with Gasteiger partial charge in [0.1, 0.15) is 11.9 Å². The van der Waals surface area contributed by atoms with Gasteiger partial charge in [0.2, 0.25) is 11.8 Å². The largest absolute Gasteiger partial charge is 0.481 e. The van der Waals surface area contributed by atoms with Crippen molar-refractivity contribution in [2.24, 2.45) is 28.1 Å². The Morgan fingerprint density at radius 2 is 1.71 bits per heavy atom. The number of rotatable bonds is 16. The monoisotopic (exact) mass is 530 g/mol. The van der Waals surface area contributed by atoms with Crippen molar-refractivity contribution in [2.75, 3.05) is 13.1 Å². The standard InChI is InChI=1S/C26H42N8O4/c27-23(28)19-10-8-18(9-11-19)16-33-24(37)20(7-4-13-32-26(29)30)34-25(38)21(31-14-12-22(35)36)15-17-5-2-1-3-6-17/h8-11,17,20-21,31H,1-7,12-16H2,(H3,27,28)(H,33,37)(H,34,38)(H,35,36)(H4,29,30,32)/t20-,21+/m0/s1. The van der Waals surface area contributed by atoms with E-state index in [0.717, 1.165) is 31.2 Å². The number of hydrogen-bond acceptors (Lipinski definition) is 6. The first-order chi connectivity index (χ1) is 18.2. The molecule has 1 fully saturated rings. The lowest BCUT2D eigenvalue weighted by atomic mass is 9.84. The number of nitrogen functional groups attached to an aromatic ring is 1. The Morgan fingerprint density at radius 1 is 1.03 bits per heavy atom. The van der Waals surface area contributed by atoms with E-state index in [0.29, 0.717) is 37.3 Å². The molecule has 0 spiro atoms. The Hall–Kier alpha value is -3.67. The fourth-order valence-corrected chi connectivity index (χ4v) is 4.55. The zero-order valence-corrected chi connectivity index (χ0v) is 21.9. The number of carbonyl (C=O) groups is 3. The summed E-state index contributed by atoms with van der Waals surface area (Å²) >= 11 is 0. The first-order valence-electron chi connectivity index (χ1n) is 13.2. The van der Waals surface area contributed by atoms with Crippen LogP contribution in [-0.2, 0) is 20.9 Å². The summed E-state index contributed by atoms with van der Waals surface area (Å²) in [6.07, 6.45) is 6.80. The van der Waals surface area contributed by atoms with Crippen LogP contribution in [-0.4, -0.2) is 59.9 Å². The maximum absolute atomic E-state index is 13.3. The third-order valence-electron chi connectivity index (χ3n) is 6.65. The van der Waals surface area contributed by atoms with Crippen LogP contribution >= 0.6 is 0 Å². The number of hydrogen-bond donors (Lipinski definition) is 8. The summed E-state index contributed by atoms with van der Waals surface area (Å²) in [6.45, 7) is 0.717. The van der Waals surface area contributed by atoms with Crippen LogP contribution in [0, 0.1) is 11.3 Å². The molecule has 1 aromatic rings. The molecule has 38 heavy (non-hydrogen) atoms. The van der Waals surface area contributed by atoms with Gasteiger partial charge < -0.3 is 38.3 Å². The van der Waals surface area contributed by atoms with E-state index < -0.39 is 18.1 Å². The van der Waals surface area contributed by atoms with Crippen molar-refractivity contribution in [3.8, 4) is 0 Å². The van der Waals surface area contributed by atoms with E-state index in [1.807, 2.05) is 0 Å². The molecule has 2 amide bonds. The highest BCUT2D eigenvalue weighted by molar-refractivity contribution is 5.95. The van der Waals surface area contributed by atoms with E-state index in [4.69, 9.17) is 27.7 Å². The van der Waals surface area contributed by atoms with Crippen molar-refractivity contribution < 1.29 is 19.5 Å². The van der Waals surface area contributed by atoms with Crippen LogP contribution in [0.3, 0.4) is 0 Å². The molecule has 0 saturated heterocycles. The molecule has 1 aliphatic carbocycles. The summed E-state index contributed by atoms with van der Waals surface area (Å²) in [5, 5.41) is 25.3.